The smallest absolute Gasteiger partial charge is 0.191 e. The average molecular weight is 522 g/mol. The molecule has 0 amide bonds. The Bertz CT molecular complexity index is 766. The number of halogens is 2. The molecule has 1 aromatic heterocycles. The summed E-state index contributed by atoms with van der Waals surface area (Å²) < 4.78 is 7.51. The third-order valence-electron chi connectivity index (χ3n) is 3.94. The van der Waals surface area contributed by atoms with E-state index < -0.39 is 5.60 Å². The Morgan fingerprint density at radius 3 is 2.71 bits per heavy atom. The van der Waals surface area contributed by atoms with E-state index in [-0.39, 0.29) is 36.6 Å². The van der Waals surface area contributed by atoms with Crippen molar-refractivity contribution in [2.45, 2.75) is 32.5 Å². The number of nitrogens with one attached hydrogen (secondary N) is 2. The van der Waals surface area contributed by atoms with Crippen LogP contribution in [0.2, 0.25) is 5.02 Å². The molecule has 3 N–H and O–H groups in total. The molecule has 0 aliphatic carbocycles. The normalized spacial score (nSPS) is 14.6. The standard InChI is InChI=1S/C19H28ClN5O2.HI/c1-5-21-18(23-13-19(3,26)15-11-24-25(4)12-15)22-10-14(2)27-17-9-7-6-8-16(17)20;/h6-9,11-12,14,26H,5,10,13H2,1-4H3,(H2,21,22,23);1H. The minimum absolute atomic E-state index is 0. The van der Waals surface area contributed by atoms with Gasteiger partial charge in [-0.05, 0) is 32.9 Å². The highest BCUT2D eigenvalue weighted by molar-refractivity contribution is 14.0. The van der Waals surface area contributed by atoms with Crippen LogP contribution in [0.4, 0.5) is 0 Å². The second kappa shape index (κ2) is 11.5. The number of ether oxygens (including phenoxy) is 1. The van der Waals surface area contributed by atoms with Gasteiger partial charge in [0.1, 0.15) is 17.5 Å². The Morgan fingerprint density at radius 1 is 1.39 bits per heavy atom. The number of benzene rings is 1. The zero-order valence-corrected chi connectivity index (χ0v) is 19.7. The van der Waals surface area contributed by atoms with E-state index in [9.17, 15) is 5.11 Å². The Morgan fingerprint density at radius 2 is 2.11 bits per heavy atom. The molecule has 0 saturated carbocycles. The van der Waals surface area contributed by atoms with Crippen molar-refractivity contribution in [1.82, 2.24) is 20.4 Å². The molecule has 156 valence electrons. The van der Waals surface area contributed by atoms with Crippen molar-refractivity contribution >= 4 is 41.5 Å². The molecule has 0 fully saturated rings. The van der Waals surface area contributed by atoms with Gasteiger partial charge in [0.05, 0.1) is 24.3 Å². The van der Waals surface area contributed by atoms with Gasteiger partial charge in [-0.15, -0.1) is 24.0 Å². The SMILES string of the molecule is CCNC(=NCC(C)(O)c1cnn(C)c1)NCC(C)Oc1ccccc1Cl.I. The molecule has 2 rings (SSSR count). The lowest BCUT2D eigenvalue weighted by atomic mass is 10.0. The largest absolute Gasteiger partial charge is 0.487 e. The summed E-state index contributed by atoms with van der Waals surface area (Å²) in [6, 6.07) is 7.38. The first kappa shape index (κ1) is 24.5. The van der Waals surface area contributed by atoms with Crippen LogP contribution in [-0.2, 0) is 12.6 Å². The van der Waals surface area contributed by atoms with Gasteiger partial charge in [0, 0.05) is 25.4 Å². The quantitative estimate of drug-likeness (QED) is 0.283. The fourth-order valence-electron chi connectivity index (χ4n) is 2.40. The number of rotatable bonds is 8. The highest BCUT2D eigenvalue weighted by atomic mass is 127. The first-order valence-corrected chi connectivity index (χ1v) is 9.34. The van der Waals surface area contributed by atoms with E-state index in [0.717, 1.165) is 5.56 Å². The van der Waals surface area contributed by atoms with E-state index in [2.05, 4.69) is 20.7 Å². The van der Waals surface area contributed by atoms with Gasteiger partial charge in [0.15, 0.2) is 5.96 Å². The number of para-hydroxylation sites is 1. The lowest BCUT2D eigenvalue weighted by molar-refractivity contribution is 0.0671. The molecule has 0 aliphatic heterocycles. The van der Waals surface area contributed by atoms with Crippen LogP contribution in [0.25, 0.3) is 0 Å². The summed E-state index contributed by atoms with van der Waals surface area (Å²) in [5.41, 5.74) is -0.379. The van der Waals surface area contributed by atoms with Gasteiger partial charge in [0.25, 0.3) is 0 Å². The fourth-order valence-corrected chi connectivity index (χ4v) is 2.58. The van der Waals surface area contributed by atoms with Gasteiger partial charge >= 0.3 is 0 Å². The number of nitrogens with zero attached hydrogens (tertiary/aromatic N) is 3. The highest BCUT2D eigenvalue weighted by Crippen LogP contribution is 2.24. The van der Waals surface area contributed by atoms with E-state index in [4.69, 9.17) is 16.3 Å². The summed E-state index contributed by atoms with van der Waals surface area (Å²) in [5.74, 6) is 1.26. The number of hydrogen-bond acceptors (Lipinski definition) is 4. The summed E-state index contributed by atoms with van der Waals surface area (Å²) in [4.78, 5) is 4.49. The van der Waals surface area contributed by atoms with Crippen LogP contribution in [-0.4, -0.2) is 46.6 Å². The maximum absolute atomic E-state index is 10.7. The lowest BCUT2D eigenvalue weighted by Crippen LogP contribution is -2.42. The Balaban J connectivity index is 0.00000392. The molecule has 2 aromatic rings. The van der Waals surface area contributed by atoms with E-state index >= 15 is 0 Å². The van der Waals surface area contributed by atoms with Gasteiger partial charge in [0.2, 0.25) is 0 Å². The summed E-state index contributed by atoms with van der Waals surface area (Å²) in [7, 11) is 1.81. The fraction of sp³-hybridized carbons (Fsp3) is 0.474. The summed E-state index contributed by atoms with van der Waals surface area (Å²) in [6.45, 7) is 7.10. The van der Waals surface area contributed by atoms with Crippen molar-refractivity contribution < 1.29 is 9.84 Å². The van der Waals surface area contributed by atoms with Gasteiger partial charge < -0.3 is 20.5 Å². The molecule has 0 saturated heterocycles. The van der Waals surface area contributed by atoms with Crippen LogP contribution in [0.15, 0.2) is 41.7 Å². The number of hydrogen-bond donors (Lipinski definition) is 3. The Labute approximate surface area is 188 Å². The molecule has 28 heavy (non-hydrogen) atoms. The summed E-state index contributed by atoms with van der Waals surface area (Å²) in [5, 5.41) is 21.7. The van der Waals surface area contributed by atoms with Crippen LogP contribution < -0.4 is 15.4 Å². The van der Waals surface area contributed by atoms with Crippen molar-refractivity contribution in [2.24, 2.45) is 12.0 Å². The zero-order valence-electron chi connectivity index (χ0n) is 16.6. The average Bonchev–Trinajstić information content (AvgIpc) is 3.07. The molecule has 0 bridgehead atoms. The summed E-state index contributed by atoms with van der Waals surface area (Å²) >= 11 is 6.12. The van der Waals surface area contributed by atoms with Crippen molar-refractivity contribution in [3.8, 4) is 5.75 Å². The van der Waals surface area contributed by atoms with Crippen molar-refractivity contribution in [3.05, 3.63) is 47.2 Å². The lowest BCUT2D eigenvalue weighted by Gasteiger charge is -2.21. The number of aliphatic hydroxyl groups is 1. The maximum atomic E-state index is 10.7. The van der Waals surface area contributed by atoms with E-state index in [0.29, 0.717) is 29.8 Å². The third-order valence-corrected chi connectivity index (χ3v) is 4.25. The summed E-state index contributed by atoms with van der Waals surface area (Å²) in [6.07, 6.45) is 3.32. The molecular formula is C19H29ClIN5O2. The molecule has 0 aliphatic rings. The molecule has 2 unspecified atom stereocenters. The van der Waals surface area contributed by atoms with Crippen LogP contribution in [0.1, 0.15) is 26.3 Å². The van der Waals surface area contributed by atoms with Crippen molar-refractivity contribution in [3.63, 3.8) is 0 Å². The first-order chi connectivity index (χ1) is 12.8. The minimum atomic E-state index is -1.10. The van der Waals surface area contributed by atoms with Gasteiger partial charge in [-0.25, -0.2) is 4.99 Å². The van der Waals surface area contributed by atoms with Crippen molar-refractivity contribution in [2.75, 3.05) is 19.6 Å². The number of guanidine groups is 1. The zero-order chi connectivity index (χ0) is 19.9. The Kier molecular flexibility index (Phi) is 10.0. The molecule has 7 nitrogen and oxygen atoms in total. The maximum Gasteiger partial charge on any atom is 0.191 e. The highest BCUT2D eigenvalue weighted by Gasteiger charge is 2.24. The molecule has 1 heterocycles. The van der Waals surface area contributed by atoms with Crippen molar-refractivity contribution in [1.29, 1.82) is 0 Å². The van der Waals surface area contributed by atoms with Gasteiger partial charge in [-0.3, -0.25) is 4.68 Å². The predicted octanol–water partition coefficient (Wildman–Crippen LogP) is 2.92. The number of aromatic nitrogens is 2. The third kappa shape index (κ3) is 7.48. The molecule has 9 heteroatoms. The van der Waals surface area contributed by atoms with Crippen LogP contribution in [0.3, 0.4) is 0 Å². The van der Waals surface area contributed by atoms with E-state index in [1.54, 1.807) is 30.1 Å². The second-order valence-corrected chi connectivity index (χ2v) is 7.02. The van der Waals surface area contributed by atoms with E-state index in [1.165, 1.54) is 0 Å². The predicted molar refractivity (Wildman–Crippen MR) is 124 cm³/mol. The molecule has 1 aromatic carbocycles. The van der Waals surface area contributed by atoms with Crippen LogP contribution in [0.5, 0.6) is 5.75 Å². The monoisotopic (exact) mass is 521 g/mol. The first-order valence-electron chi connectivity index (χ1n) is 8.96. The van der Waals surface area contributed by atoms with Gasteiger partial charge in [-0.2, -0.15) is 5.10 Å². The molecular weight excluding hydrogens is 493 g/mol. The molecule has 0 spiro atoms. The van der Waals surface area contributed by atoms with Crippen LogP contribution in [0, 0.1) is 0 Å². The Hall–Kier alpha value is -1.52. The number of aliphatic imine (C=N–C) groups is 1. The topological polar surface area (TPSA) is 83.7 Å². The van der Waals surface area contributed by atoms with E-state index in [1.807, 2.05) is 39.1 Å². The van der Waals surface area contributed by atoms with Gasteiger partial charge in [-0.1, -0.05) is 23.7 Å². The minimum Gasteiger partial charge on any atom is -0.487 e. The number of aryl methyl sites for hydroxylation is 1. The molecule has 0 radical (unpaired) electrons. The molecule has 2 atom stereocenters. The van der Waals surface area contributed by atoms with Crippen LogP contribution >= 0.6 is 35.6 Å². The second-order valence-electron chi connectivity index (χ2n) is 6.61.